The highest BCUT2D eigenvalue weighted by Gasteiger charge is 2.37. The van der Waals surface area contributed by atoms with Gasteiger partial charge in [0.2, 0.25) is 0 Å². The Morgan fingerprint density at radius 2 is 1.78 bits per heavy atom. The summed E-state index contributed by atoms with van der Waals surface area (Å²) in [6.45, 7) is 1.82. The van der Waals surface area contributed by atoms with E-state index in [0.29, 0.717) is 18.1 Å². The quantitative estimate of drug-likeness (QED) is 0.854. The number of aryl methyl sites for hydroxylation is 1. The van der Waals surface area contributed by atoms with E-state index >= 15 is 0 Å². The smallest absolute Gasteiger partial charge is 0.279 e. The number of para-hydroxylation sites is 1. The van der Waals surface area contributed by atoms with Gasteiger partial charge in [-0.15, -0.1) is 0 Å². The molecule has 0 atom stereocenters. The number of hydrogen-bond donors (Lipinski definition) is 1. The zero-order valence-electron chi connectivity index (χ0n) is 12.0. The summed E-state index contributed by atoms with van der Waals surface area (Å²) in [5.41, 5.74) is -0.372. The Hall–Kier alpha value is -1.73. The van der Waals surface area contributed by atoms with Crippen molar-refractivity contribution in [1.82, 2.24) is 0 Å². The maximum absolute atomic E-state index is 13.1. The summed E-state index contributed by atoms with van der Waals surface area (Å²) < 4.78 is 66.3. The molecule has 0 amide bonds. The van der Waals surface area contributed by atoms with Gasteiger partial charge in [-0.1, -0.05) is 36.7 Å². The first-order valence-electron chi connectivity index (χ1n) is 6.62. The number of anilines is 1. The monoisotopic (exact) mass is 363 g/mol. The van der Waals surface area contributed by atoms with Gasteiger partial charge in [0.25, 0.3) is 10.0 Å². The summed E-state index contributed by atoms with van der Waals surface area (Å²) in [4.78, 5) is -0.861. The van der Waals surface area contributed by atoms with Crippen LogP contribution in [-0.4, -0.2) is 8.42 Å². The van der Waals surface area contributed by atoms with Crippen molar-refractivity contribution in [1.29, 1.82) is 0 Å². The minimum absolute atomic E-state index is 0.190. The van der Waals surface area contributed by atoms with Crippen molar-refractivity contribution in [2.75, 3.05) is 4.72 Å². The molecule has 2 aromatic rings. The third-order valence-corrected chi connectivity index (χ3v) is 4.84. The fourth-order valence-corrected chi connectivity index (χ4v) is 3.57. The van der Waals surface area contributed by atoms with Gasteiger partial charge in [0.05, 0.1) is 16.1 Å². The largest absolute Gasteiger partial charge is 0.417 e. The molecule has 8 heteroatoms. The van der Waals surface area contributed by atoms with Gasteiger partial charge in [-0.2, -0.15) is 13.2 Å². The first-order valence-corrected chi connectivity index (χ1v) is 8.48. The van der Waals surface area contributed by atoms with Crippen LogP contribution in [0.1, 0.15) is 18.1 Å². The zero-order valence-corrected chi connectivity index (χ0v) is 13.6. The van der Waals surface area contributed by atoms with E-state index in [0.717, 1.165) is 12.1 Å². The van der Waals surface area contributed by atoms with E-state index in [2.05, 4.69) is 4.72 Å². The molecule has 0 aromatic heterocycles. The second kappa shape index (κ2) is 6.41. The topological polar surface area (TPSA) is 46.2 Å². The molecule has 23 heavy (non-hydrogen) atoms. The number of rotatable bonds is 4. The number of nitrogens with one attached hydrogen (secondary N) is 1. The van der Waals surface area contributed by atoms with Crippen LogP contribution in [0.15, 0.2) is 47.4 Å². The molecule has 0 aliphatic carbocycles. The predicted octanol–water partition coefficient (Wildman–Crippen LogP) is 4.72. The van der Waals surface area contributed by atoms with Gasteiger partial charge in [0.1, 0.15) is 0 Å². The van der Waals surface area contributed by atoms with Crippen LogP contribution in [0, 0.1) is 0 Å². The predicted molar refractivity (Wildman–Crippen MR) is 83.1 cm³/mol. The highest BCUT2D eigenvalue weighted by molar-refractivity contribution is 7.92. The summed E-state index contributed by atoms with van der Waals surface area (Å²) in [6, 6.07) is 9.08. The van der Waals surface area contributed by atoms with Gasteiger partial charge in [-0.05, 0) is 36.2 Å². The molecular weight excluding hydrogens is 351 g/mol. The van der Waals surface area contributed by atoms with Crippen molar-refractivity contribution in [2.45, 2.75) is 24.4 Å². The van der Waals surface area contributed by atoms with Gasteiger partial charge in [0.15, 0.2) is 0 Å². The Balaban J connectivity index is 2.53. The standard InChI is InChI=1S/C15H13ClF3NO2S/c1-2-10-5-3-4-6-13(10)20-23(21,22)14-8-7-11(16)9-12(14)15(17,18)19/h3-9,20H,2H2,1H3. The van der Waals surface area contributed by atoms with Gasteiger partial charge < -0.3 is 0 Å². The number of alkyl halides is 3. The zero-order chi connectivity index (χ0) is 17.3. The third kappa shape index (κ3) is 3.97. The van der Waals surface area contributed by atoms with Crippen molar-refractivity contribution in [2.24, 2.45) is 0 Å². The van der Waals surface area contributed by atoms with Gasteiger partial charge in [-0.3, -0.25) is 4.72 Å². The van der Waals surface area contributed by atoms with Gasteiger partial charge in [0, 0.05) is 5.02 Å². The second-order valence-electron chi connectivity index (χ2n) is 4.75. The van der Waals surface area contributed by atoms with Crippen LogP contribution in [0.4, 0.5) is 18.9 Å². The number of hydrogen-bond acceptors (Lipinski definition) is 2. The highest BCUT2D eigenvalue weighted by atomic mass is 35.5. The molecule has 0 aliphatic rings. The summed E-state index contributed by atoms with van der Waals surface area (Å²) in [7, 11) is -4.41. The lowest BCUT2D eigenvalue weighted by Gasteiger charge is -2.16. The van der Waals surface area contributed by atoms with Crippen LogP contribution in [-0.2, 0) is 22.6 Å². The lowest BCUT2D eigenvalue weighted by molar-refractivity contribution is -0.139. The molecule has 2 rings (SSSR count). The van der Waals surface area contributed by atoms with Crippen LogP contribution in [0.5, 0.6) is 0 Å². The van der Waals surface area contributed by atoms with E-state index in [-0.39, 0.29) is 10.7 Å². The summed E-state index contributed by atoms with van der Waals surface area (Å²) in [6.07, 6.45) is -4.30. The van der Waals surface area contributed by atoms with Crippen molar-refractivity contribution >= 4 is 27.3 Å². The molecule has 1 N–H and O–H groups in total. The van der Waals surface area contributed by atoms with Crippen LogP contribution in [0.2, 0.25) is 5.02 Å². The fraction of sp³-hybridized carbons (Fsp3) is 0.200. The molecule has 0 unspecified atom stereocenters. The Kier molecular flexibility index (Phi) is 4.91. The number of halogens is 4. The van der Waals surface area contributed by atoms with E-state index in [1.165, 1.54) is 6.07 Å². The van der Waals surface area contributed by atoms with Crippen molar-refractivity contribution in [3.8, 4) is 0 Å². The van der Waals surface area contributed by atoms with Crippen LogP contribution >= 0.6 is 11.6 Å². The Labute approximate surface area is 137 Å². The first kappa shape index (κ1) is 17.6. The average molecular weight is 364 g/mol. The number of benzene rings is 2. The molecule has 124 valence electrons. The molecule has 0 fully saturated rings. The van der Waals surface area contributed by atoms with E-state index < -0.39 is 26.7 Å². The van der Waals surface area contributed by atoms with Crippen LogP contribution in [0.3, 0.4) is 0 Å². The molecule has 0 saturated carbocycles. The molecule has 2 aromatic carbocycles. The van der Waals surface area contributed by atoms with E-state index in [9.17, 15) is 21.6 Å². The maximum atomic E-state index is 13.1. The molecule has 0 spiro atoms. The van der Waals surface area contributed by atoms with Gasteiger partial charge in [-0.25, -0.2) is 8.42 Å². The minimum Gasteiger partial charge on any atom is -0.279 e. The Morgan fingerprint density at radius 1 is 1.13 bits per heavy atom. The summed E-state index contributed by atoms with van der Waals surface area (Å²) in [5.74, 6) is 0. The van der Waals surface area contributed by atoms with E-state index in [4.69, 9.17) is 11.6 Å². The lowest BCUT2D eigenvalue weighted by atomic mass is 10.1. The van der Waals surface area contributed by atoms with Crippen LogP contribution in [0.25, 0.3) is 0 Å². The normalized spacial score (nSPS) is 12.2. The molecule has 0 aliphatic heterocycles. The van der Waals surface area contributed by atoms with Gasteiger partial charge >= 0.3 is 6.18 Å². The van der Waals surface area contributed by atoms with Crippen molar-refractivity contribution < 1.29 is 21.6 Å². The fourth-order valence-electron chi connectivity index (χ4n) is 2.09. The lowest BCUT2D eigenvalue weighted by Crippen LogP contribution is -2.19. The molecule has 3 nitrogen and oxygen atoms in total. The molecule has 0 saturated heterocycles. The highest BCUT2D eigenvalue weighted by Crippen LogP contribution is 2.36. The molecule has 0 heterocycles. The van der Waals surface area contributed by atoms with E-state index in [1.807, 2.05) is 6.92 Å². The average Bonchev–Trinajstić information content (AvgIpc) is 2.46. The van der Waals surface area contributed by atoms with E-state index in [1.54, 1.807) is 18.2 Å². The minimum atomic E-state index is -4.83. The first-order chi connectivity index (χ1) is 10.6. The Bertz CT molecular complexity index is 820. The SMILES string of the molecule is CCc1ccccc1NS(=O)(=O)c1ccc(Cl)cc1C(F)(F)F. The van der Waals surface area contributed by atoms with Crippen LogP contribution < -0.4 is 4.72 Å². The van der Waals surface area contributed by atoms with Crippen molar-refractivity contribution in [3.05, 3.63) is 58.6 Å². The number of sulfonamides is 1. The third-order valence-electron chi connectivity index (χ3n) is 3.18. The molecule has 0 radical (unpaired) electrons. The summed E-state index contributed by atoms with van der Waals surface area (Å²) in [5, 5.41) is -0.190. The second-order valence-corrected chi connectivity index (χ2v) is 6.84. The maximum Gasteiger partial charge on any atom is 0.417 e. The molecular formula is C15H13ClF3NO2S. The summed E-state index contributed by atoms with van der Waals surface area (Å²) >= 11 is 5.57. The molecule has 0 bridgehead atoms. The van der Waals surface area contributed by atoms with Crippen molar-refractivity contribution in [3.63, 3.8) is 0 Å². The Morgan fingerprint density at radius 3 is 2.39 bits per heavy atom.